The molecule has 0 aromatic heterocycles. The molecule has 0 amide bonds. The molecule has 0 saturated heterocycles. The normalized spacial score (nSPS) is 12.7. The van der Waals surface area contributed by atoms with Crippen LogP contribution in [0.5, 0.6) is 0 Å². The van der Waals surface area contributed by atoms with Crippen LogP contribution in [-0.4, -0.2) is 11.6 Å². The quantitative estimate of drug-likeness (QED) is 0.455. The number of aryl methyl sites for hydroxylation is 3. The Bertz CT molecular complexity index is 1080. The summed E-state index contributed by atoms with van der Waals surface area (Å²) in [6, 6.07) is 17.3. The second kappa shape index (κ2) is 7.20. The minimum Gasteiger partial charge on any atom is -0.289 e. The van der Waals surface area contributed by atoms with Crippen molar-refractivity contribution >= 4 is 11.6 Å². The van der Waals surface area contributed by atoms with Crippen molar-refractivity contribution in [1.82, 2.24) is 0 Å². The van der Waals surface area contributed by atoms with E-state index >= 15 is 0 Å². The van der Waals surface area contributed by atoms with Crippen molar-refractivity contribution < 1.29 is 9.59 Å². The van der Waals surface area contributed by atoms with E-state index in [1.807, 2.05) is 24.3 Å². The standard InChI is InChI=1S/C26H24O2/c1-4-16-14-17(5-2)23(18(6-3)15-16)21-12-9-13-22-24(21)26(28)20-11-8-7-10-19(20)25(22)27/h7-15H,4-6H2,1-3H3. The molecule has 140 valence electrons. The Labute approximate surface area is 166 Å². The van der Waals surface area contributed by atoms with Crippen LogP contribution in [0.15, 0.2) is 54.6 Å². The first-order valence-corrected chi connectivity index (χ1v) is 10.1. The Morgan fingerprint density at radius 2 is 1.11 bits per heavy atom. The molecule has 0 N–H and O–H groups in total. The monoisotopic (exact) mass is 368 g/mol. The summed E-state index contributed by atoms with van der Waals surface area (Å²) in [5, 5.41) is 0. The molecule has 4 rings (SSSR count). The summed E-state index contributed by atoms with van der Waals surface area (Å²) in [6.45, 7) is 6.46. The van der Waals surface area contributed by atoms with E-state index in [4.69, 9.17) is 0 Å². The van der Waals surface area contributed by atoms with Crippen LogP contribution in [-0.2, 0) is 19.3 Å². The predicted molar refractivity (Wildman–Crippen MR) is 113 cm³/mol. The van der Waals surface area contributed by atoms with Crippen molar-refractivity contribution in [3.63, 3.8) is 0 Å². The first kappa shape index (κ1) is 18.4. The average Bonchev–Trinajstić information content (AvgIpc) is 2.75. The fourth-order valence-electron chi connectivity index (χ4n) is 4.30. The molecule has 0 fully saturated rings. The van der Waals surface area contributed by atoms with Crippen LogP contribution in [0.25, 0.3) is 11.1 Å². The molecule has 1 aliphatic carbocycles. The molecule has 0 bridgehead atoms. The largest absolute Gasteiger partial charge is 0.289 e. The summed E-state index contributed by atoms with van der Waals surface area (Å²) in [5.41, 5.74) is 7.90. The summed E-state index contributed by atoms with van der Waals surface area (Å²) in [5.74, 6) is -0.113. The van der Waals surface area contributed by atoms with E-state index in [9.17, 15) is 9.59 Å². The lowest BCUT2D eigenvalue weighted by Gasteiger charge is -2.23. The van der Waals surface area contributed by atoms with Gasteiger partial charge in [0.2, 0.25) is 0 Å². The van der Waals surface area contributed by atoms with Crippen LogP contribution in [0.1, 0.15) is 69.3 Å². The number of hydrogen-bond donors (Lipinski definition) is 0. The van der Waals surface area contributed by atoms with E-state index < -0.39 is 0 Å². The second-order valence-corrected chi connectivity index (χ2v) is 7.28. The fourth-order valence-corrected chi connectivity index (χ4v) is 4.30. The van der Waals surface area contributed by atoms with Gasteiger partial charge in [0.1, 0.15) is 0 Å². The lowest BCUT2D eigenvalue weighted by molar-refractivity contribution is 0.0979. The average molecular weight is 368 g/mol. The van der Waals surface area contributed by atoms with Crippen molar-refractivity contribution in [1.29, 1.82) is 0 Å². The molecule has 28 heavy (non-hydrogen) atoms. The molecule has 0 heterocycles. The highest BCUT2D eigenvalue weighted by molar-refractivity contribution is 6.30. The van der Waals surface area contributed by atoms with E-state index in [2.05, 4.69) is 32.9 Å². The summed E-state index contributed by atoms with van der Waals surface area (Å²) < 4.78 is 0. The Hall–Kier alpha value is -3.00. The van der Waals surface area contributed by atoms with E-state index in [-0.39, 0.29) is 11.6 Å². The first-order valence-electron chi connectivity index (χ1n) is 10.1. The van der Waals surface area contributed by atoms with Gasteiger partial charge in [-0.25, -0.2) is 0 Å². The van der Waals surface area contributed by atoms with Gasteiger partial charge in [-0.3, -0.25) is 9.59 Å². The highest BCUT2D eigenvalue weighted by Crippen LogP contribution is 2.38. The number of hydrogen-bond acceptors (Lipinski definition) is 2. The number of benzene rings is 3. The summed E-state index contributed by atoms with van der Waals surface area (Å²) in [7, 11) is 0. The van der Waals surface area contributed by atoms with Gasteiger partial charge in [-0.15, -0.1) is 0 Å². The minimum absolute atomic E-state index is 0.0514. The Morgan fingerprint density at radius 1 is 0.571 bits per heavy atom. The SMILES string of the molecule is CCc1cc(CC)c(-c2cccc3c2C(=O)c2ccccc2C3=O)c(CC)c1. The number of ketones is 2. The van der Waals surface area contributed by atoms with Gasteiger partial charge < -0.3 is 0 Å². The smallest absolute Gasteiger partial charge is 0.195 e. The summed E-state index contributed by atoms with van der Waals surface area (Å²) in [4.78, 5) is 26.5. The molecule has 3 aromatic carbocycles. The van der Waals surface area contributed by atoms with Crippen LogP contribution >= 0.6 is 0 Å². The van der Waals surface area contributed by atoms with Gasteiger partial charge in [-0.1, -0.05) is 75.4 Å². The first-order chi connectivity index (χ1) is 13.6. The maximum atomic E-state index is 13.4. The zero-order valence-corrected chi connectivity index (χ0v) is 16.6. The predicted octanol–water partition coefficient (Wildman–Crippen LogP) is 5.82. The van der Waals surface area contributed by atoms with Gasteiger partial charge in [0.25, 0.3) is 0 Å². The Kier molecular flexibility index (Phi) is 4.72. The summed E-state index contributed by atoms with van der Waals surface area (Å²) >= 11 is 0. The van der Waals surface area contributed by atoms with Crippen molar-refractivity contribution in [2.24, 2.45) is 0 Å². The van der Waals surface area contributed by atoms with Crippen LogP contribution in [0.2, 0.25) is 0 Å². The van der Waals surface area contributed by atoms with Gasteiger partial charge >= 0.3 is 0 Å². The van der Waals surface area contributed by atoms with Gasteiger partial charge in [0.15, 0.2) is 11.6 Å². The zero-order chi connectivity index (χ0) is 19.8. The molecule has 0 saturated carbocycles. The third-order valence-corrected chi connectivity index (χ3v) is 5.75. The van der Waals surface area contributed by atoms with Crippen molar-refractivity contribution in [3.05, 3.63) is 93.5 Å². The second-order valence-electron chi connectivity index (χ2n) is 7.28. The molecule has 3 aromatic rings. The molecule has 0 aliphatic heterocycles. The van der Waals surface area contributed by atoms with Gasteiger partial charge in [-0.2, -0.15) is 0 Å². The van der Waals surface area contributed by atoms with Crippen LogP contribution in [0.4, 0.5) is 0 Å². The van der Waals surface area contributed by atoms with Gasteiger partial charge in [-0.05, 0) is 47.1 Å². The van der Waals surface area contributed by atoms with Crippen LogP contribution in [0, 0.1) is 0 Å². The number of carbonyl (C=O) groups is 2. The van der Waals surface area contributed by atoms with E-state index in [0.717, 1.165) is 30.4 Å². The van der Waals surface area contributed by atoms with Gasteiger partial charge in [0, 0.05) is 22.3 Å². The van der Waals surface area contributed by atoms with E-state index in [1.165, 1.54) is 16.7 Å². The molecule has 1 aliphatic rings. The third kappa shape index (κ3) is 2.72. The highest BCUT2D eigenvalue weighted by Gasteiger charge is 2.32. The molecule has 2 heteroatoms. The maximum Gasteiger partial charge on any atom is 0.195 e. The summed E-state index contributed by atoms with van der Waals surface area (Å²) in [6.07, 6.45) is 2.76. The molecule has 0 unspecified atom stereocenters. The molecular formula is C26H24O2. The van der Waals surface area contributed by atoms with Crippen molar-refractivity contribution in [3.8, 4) is 11.1 Å². The Morgan fingerprint density at radius 3 is 1.68 bits per heavy atom. The molecule has 0 atom stereocenters. The van der Waals surface area contributed by atoms with Crippen molar-refractivity contribution in [2.75, 3.05) is 0 Å². The molecular weight excluding hydrogens is 344 g/mol. The maximum absolute atomic E-state index is 13.4. The van der Waals surface area contributed by atoms with Crippen LogP contribution in [0.3, 0.4) is 0 Å². The van der Waals surface area contributed by atoms with Crippen LogP contribution < -0.4 is 0 Å². The van der Waals surface area contributed by atoms with Gasteiger partial charge in [0.05, 0.1) is 0 Å². The zero-order valence-electron chi connectivity index (χ0n) is 16.6. The molecule has 0 radical (unpaired) electrons. The lowest BCUT2D eigenvalue weighted by Crippen LogP contribution is -2.22. The third-order valence-electron chi connectivity index (χ3n) is 5.75. The Balaban J connectivity index is 2.03. The number of fused-ring (bicyclic) bond motifs is 2. The number of rotatable bonds is 4. The topological polar surface area (TPSA) is 34.1 Å². The minimum atomic E-state index is -0.0617. The number of carbonyl (C=O) groups excluding carboxylic acids is 2. The van der Waals surface area contributed by atoms with E-state index in [1.54, 1.807) is 18.2 Å². The van der Waals surface area contributed by atoms with Crippen molar-refractivity contribution in [2.45, 2.75) is 40.0 Å². The fraction of sp³-hybridized carbons (Fsp3) is 0.231. The highest BCUT2D eigenvalue weighted by atomic mass is 16.1. The molecule has 0 spiro atoms. The lowest BCUT2D eigenvalue weighted by atomic mass is 9.78. The van der Waals surface area contributed by atoms with E-state index in [0.29, 0.717) is 22.3 Å². The molecule has 2 nitrogen and oxygen atoms in total.